The largest absolute Gasteiger partial charge is 0.378 e. The highest BCUT2D eigenvalue weighted by Crippen LogP contribution is 2.27. The number of halogens is 2. The fraction of sp³-hybridized carbons (Fsp3) is 0.111. The van der Waals surface area contributed by atoms with Crippen LogP contribution in [0, 0.1) is 11.6 Å². The summed E-state index contributed by atoms with van der Waals surface area (Å²) in [5.74, 6) is -1.64. The minimum Gasteiger partial charge on any atom is -0.378 e. The first kappa shape index (κ1) is 13.6. The summed E-state index contributed by atoms with van der Waals surface area (Å²) < 4.78 is 26.3. The van der Waals surface area contributed by atoms with Gasteiger partial charge < -0.3 is 5.32 Å². The van der Waals surface area contributed by atoms with E-state index in [2.05, 4.69) is 5.32 Å². The lowest BCUT2D eigenvalue weighted by atomic mass is 10.1. The Morgan fingerprint density at radius 1 is 0.857 bits per heavy atom. The minimum absolute atomic E-state index is 0.120. The number of anilines is 1. The van der Waals surface area contributed by atoms with Crippen molar-refractivity contribution in [3.8, 4) is 0 Å². The molecular weight excluding hydrogens is 268 g/mol. The van der Waals surface area contributed by atoms with Crippen molar-refractivity contribution in [3.63, 3.8) is 0 Å². The second-order valence-corrected chi connectivity index (χ2v) is 5.07. The number of hydrogen-bond donors (Lipinski definition) is 1. The van der Waals surface area contributed by atoms with Gasteiger partial charge in [0.25, 0.3) is 0 Å². The molecule has 3 heteroatoms. The molecule has 3 aromatic carbocycles. The number of fused-ring (bicyclic) bond motifs is 1. The quantitative estimate of drug-likeness (QED) is 0.688. The van der Waals surface area contributed by atoms with Crippen LogP contribution >= 0.6 is 0 Å². The molecule has 0 radical (unpaired) electrons. The van der Waals surface area contributed by atoms with Crippen LogP contribution in [0.1, 0.15) is 18.5 Å². The maximum Gasteiger partial charge on any atom is 0.159 e. The summed E-state index contributed by atoms with van der Waals surface area (Å²) in [5.41, 5.74) is 1.69. The van der Waals surface area contributed by atoms with E-state index in [4.69, 9.17) is 0 Å². The van der Waals surface area contributed by atoms with Crippen molar-refractivity contribution in [1.82, 2.24) is 0 Å². The smallest absolute Gasteiger partial charge is 0.159 e. The fourth-order valence-electron chi connectivity index (χ4n) is 2.45. The van der Waals surface area contributed by atoms with Gasteiger partial charge in [-0.15, -0.1) is 0 Å². The van der Waals surface area contributed by atoms with Gasteiger partial charge in [0, 0.05) is 17.1 Å². The number of rotatable bonds is 3. The Bertz CT molecular complexity index is 778. The van der Waals surface area contributed by atoms with E-state index in [0.717, 1.165) is 22.5 Å². The van der Waals surface area contributed by atoms with Crippen molar-refractivity contribution in [1.29, 1.82) is 0 Å². The van der Waals surface area contributed by atoms with Crippen molar-refractivity contribution in [2.45, 2.75) is 13.0 Å². The SMILES string of the molecule is CC(Nc1cccc2ccccc12)c1ccc(F)c(F)c1. The maximum absolute atomic E-state index is 13.3. The first-order valence-electron chi connectivity index (χ1n) is 6.84. The maximum atomic E-state index is 13.3. The molecular formula is C18H15F2N. The molecule has 0 spiro atoms. The van der Waals surface area contributed by atoms with Crippen LogP contribution in [0.5, 0.6) is 0 Å². The Hall–Kier alpha value is -2.42. The Labute approximate surface area is 122 Å². The van der Waals surface area contributed by atoms with Crippen LogP contribution in [-0.4, -0.2) is 0 Å². The van der Waals surface area contributed by atoms with Crippen molar-refractivity contribution >= 4 is 16.5 Å². The van der Waals surface area contributed by atoms with Gasteiger partial charge >= 0.3 is 0 Å². The fourth-order valence-corrected chi connectivity index (χ4v) is 2.45. The number of nitrogens with one attached hydrogen (secondary N) is 1. The van der Waals surface area contributed by atoms with Gasteiger partial charge in [-0.05, 0) is 36.1 Å². The number of hydrogen-bond acceptors (Lipinski definition) is 1. The van der Waals surface area contributed by atoms with E-state index in [1.807, 2.05) is 49.4 Å². The zero-order valence-corrected chi connectivity index (χ0v) is 11.6. The Balaban J connectivity index is 1.92. The molecule has 1 nitrogen and oxygen atoms in total. The van der Waals surface area contributed by atoms with Gasteiger partial charge in [-0.25, -0.2) is 8.78 Å². The molecule has 0 saturated heterocycles. The van der Waals surface area contributed by atoms with Crippen LogP contribution in [0.3, 0.4) is 0 Å². The summed E-state index contributed by atoms with van der Waals surface area (Å²) in [6.45, 7) is 1.93. The third-order valence-corrected chi connectivity index (χ3v) is 3.61. The summed E-state index contributed by atoms with van der Waals surface area (Å²) in [6, 6.07) is 17.9. The molecule has 1 N–H and O–H groups in total. The van der Waals surface area contributed by atoms with E-state index >= 15 is 0 Å². The van der Waals surface area contributed by atoms with Crippen LogP contribution in [0.4, 0.5) is 14.5 Å². The first-order chi connectivity index (χ1) is 10.1. The number of benzene rings is 3. The average Bonchev–Trinajstić information content (AvgIpc) is 2.50. The molecule has 0 aliphatic heterocycles. The molecule has 0 heterocycles. The van der Waals surface area contributed by atoms with E-state index in [-0.39, 0.29) is 6.04 Å². The molecule has 0 bridgehead atoms. The van der Waals surface area contributed by atoms with Crippen LogP contribution in [0.15, 0.2) is 60.7 Å². The van der Waals surface area contributed by atoms with Crippen LogP contribution in [0.2, 0.25) is 0 Å². The highest BCUT2D eigenvalue weighted by atomic mass is 19.2. The second-order valence-electron chi connectivity index (χ2n) is 5.07. The van der Waals surface area contributed by atoms with E-state index < -0.39 is 11.6 Å². The molecule has 3 aromatic rings. The Morgan fingerprint density at radius 2 is 1.62 bits per heavy atom. The van der Waals surface area contributed by atoms with Gasteiger partial charge in [-0.2, -0.15) is 0 Å². The molecule has 3 rings (SSSR count). The third-order valence-electron chi connectivity index (χ3n) is 3.61. The minimum atomic E-state index is -0.823. The zero-order valence-electron chi connectivity index (χ0n) is 11.6. The lowest BCUT2D eigenvalue weighted by Crippen LogP contribution is -2.07. The van der Waals surface area contributed by atoms with Gasteiger partial charge in [-0.1, -0.05) is 42.5 Å². The lowest BCUT2D eigenvalue weighted by Gasteiger charge is -2.17. The van der Waals surface area contributed by atoms with Crippen molar-refractivity contribution in [2.24, 2.45) is 0 Å². The van der Waals surface area contributed by atoms with E-state index in [1.54, 1.807) is 6.07 Å². The van der Waals surface area contributed by atoms with E-state index in [1.165, 1.54) is 6.07 Å². The van der Waals surface area contributed by atoms with Gasteiger partial charge in [-0.3, -0.25) is 0 Å². The lowest BCUT2D eigenvalue weighted by molar-refractivity contribution is 0.506. The van der Waals surface area contributed by atoms with E-state index in [0.29, 0.717) is 5.56 Å². The molecule has 0 aromatic heterocycles. The van der Waals surface area contributed by atoms with Crippen molar-refractivity contribution in [2.75, 3.05) is 5.32 Å². The van der Waals surface area contributed by atoms with Gasteiger partial charge in [0.15, 0.2) is 11.6 Å². The molecule has 0 fully saturated rings. The monoisotopic (exact) mass is 283 g/mol. The molecule has 0 amide bonds. The standard InChI is InChI=1S/C18H15F2N/c1-12(14-9-10-16(19)17(20)11-14)21-18-8-4-6-13-5-2-3-7-15(13)18/h2-12,21H,1H3. The highest BCUT2D eigenvalue weighted by Gasteiger charge is 2.10. The molecule has 1 atom stereocenters. The van der Waals surface area contributed by atoms with Crippen LogP contribution < -0.4 is 5.32 Å². The molecule has 1 unspecified atom stereocenters. The predicted octanol–water partition coefficient (Wildman–Crippen LogP) is 5.29. The summed E-state index contributed by atoms with van der Waals surface area (Å²) in [5, 5.41) is 5.60. The van der Waals surface area contributed by atoms with Crippen LogP contribution in [0.25, 0.3) is 10.8 Å². The summed E-state index contributed by atoms with van der Waals surface area (Å²) >= 11 is 0. The summed E-state index contributed by atoms with van der Waals surface area (Å²) in [7, 11) is 0. The third kappa shape index (κ3) is 2.72. The molecule has 106 valence electrons. The van der Waals surface area contributed by atoms with Gasteiger partial charge in [0.2, 0.25) is 0 Å². The molecule has 0 saturated carbocycles. The zero-order chi connectivity index (χ0) is 14.8. The molecule has 0 aliphatic rings. The van der Waals surface area contributed by atoms with Crippen molar-refractivity contribution in [3.05, 3.63) is 77.9 Å². The van der Waals surface area contributed by atoms with Crippen LogP contribution in [-0.2, 0) is 0 Å². The van der Waals surface area contributed by atoms with Crippen molar-refractivity contribution < 1.29 is 8.78 Å². The topological polar surface area (TPSA) is 12.0 Å². The normalized spacial score (nSPS) is 12.3. The van der Waals surface area contributed by atoms with Gasteiger partial charge in [0.1, 0.15) is 0 Å². The second kappa shape index (κ2) is 5.52. The molecule has 0 aliphatic carbocycles. The summed E-state index contributed by atoms with van der Waals surface area (Å²) in [6.07, 6.45) is 0. The van der Waals surface area contributed by atoms with Gasteiger partial charge in [0.05, 0.1) is 0 Å². The highest BCUT2D eigenvalue weighted by molar-refractivity contribution is 5.93. The van der Waals surface area contributed by atoms with E-state index in [9.17, 15) is 8.78 Å². The Kier molecular flexibility index (Phi) is 3.57. The Morgan fingerprint density at radius 3 is 2.43 bits per heavy atom. The molecule has 21 heavy (non-hydrogen) atoms. The predicted molar refractivity (Wildman–Crippen MR) is 82.3 cm³/mol. The first-order valence-corrected chi connectivity index (χ1v) is 6.84. The summed E-state index contributed by atoms with van der Waals surface area (Å²) in [4.78, 5) is 0. The average molecular weight is 283 g/mol.